The number of carbonyl (C=O) groups excluding carboxylic acids is 4. The first-order valence-corrected chi connectivity index (χ1v) is 11.8. The first-order chi connectivity index (χ1) is 17.4. The predicted octanol–water partition coefficient (Wildman–Crippen LogP) is 3.50. The number of hydrogen-bond acceptors (Lipinski definition) is 8. The van der Waals surface area contributed by atoms with Gasteiger partial charge in [0.05, 0.1) is 29.3 Å². The van der Waals surface area contributed by atoms with Crippen molar-refractivity contribution in [1.29, 1.82) is 0 Å². The normalized spacial score (nSPS) is 15.0. The number of esters is 1. The Morgan fingerprint density at radius 1 is 1.06 bits per heavy atom. The van der Waals surface area contributed by atoms with Gasteiger partial charge in [-0.1, -0.05) is 18.2 Å². The van der Waals surface area contributed by atoms with Crippen LogP contribution in [0.3, 0.4) is 0 Å². The first kappa shape index (κ1) is 24.8. The zero-order valence-electron chi connectivity index (χ0n) is 19.3. The summed E-state index contributed by atoms with van der Waals surface area (Å²) in [7, 11) is 1.48. The number of ether oxygens (including phenoxy) is 2. The number of nitrogens with two attached hydrogens (primary N) is 1. The fourth-order valence-electron chi connectivity index (χ4n) is 3.61. The van der Waals surface area contributed by atoms with Crippen LogP contribution >= 0.6 is 11.8 Å². The summed E-state index contributed by atoms with van der Waals surface area (Å²) in [6.45, 7) is -0.495. The number of methoxy groups -OCH3 is 1. The molecule has 3 aromatic carbocycles. The molecule has 3 amide bonds. The van der Waals surface area contributed by atoms with Crippen LogP contribution in [0.2, 0.25) is 0 Å². The zero-order chi connectivity index (χ0) is 25.7. The number of nitrogens with one attached hydrogen (secondary N) is 1. The molecule has 3 aromatic rings. The van der Waals surface area contributed by atoms with Gasteiger partial charge >= 0.3 is 5.97 Å². The minimum absolute atomic E-state index is 0.0589. The molecule has 36 heavy (non-hydrogen) atoms. The van der Waals surface area contributed by atoms with E-state index in [4.69, 9.17) is 15.2 Å². The molecule has 3 N–H and O–H groups in total. The van der Waals surface area contributed by atoms with Gasteiger partial charge in [0.25, 0.3) is 5.91 Å². The number of carbonyl (C=O) groups is 4. The third-order valence-corrected chi connectivity index (χ3v) is 6.50. The Bertz CT molecular complexity index is 1310. The fourth-order valence-corrected chi connectivity index (χ4v) is 4.74. The highest BCUT2D eigenvalue weighted by Crippen LogP contribution is 2.34. The smallest absolute Gasteiger partial charge is 0.338 e. The van der Waals surface area contributed by atoms with E-state index < -0.39 is 23.7 Å². The number of nitrogens with zero attached hydrogens (tertiary/aromatic N) is 1. The molecule has 0 spiro atoms. The van der Waals surface area contributed by atoms with Crippen LogP contribution in [0.4, 0.5) is 17.1 Å². The SMILES string of the molecule is COc1ccccc1NC(=O)COC(=O)c1ccc(N2C(=O)CC(Sc3cccc(N)c3)C2=O)cc1. The summed E-state index contributed by atoms with van der Waals surface area (Å²) in [4.78, 5) is 51.9. The molecule has 1 saturated heterocycles. The highest BCUT2D eigenvalue weighted by Gasteiger charge is 2.40. The van der Waals surface area contributed by atoms with E-state index in [-0.39, 0.29) is 23.8 Å². The molecule has 1 aliphatic rings. The summed E-state index contributed by atoms with van der Waals surface area (Å²) in [5.41, 5.74) is 7.36. The second kappa shape index (κ2) is 11.0. The summed E-state index contributed by atoms with van der Waals surface area (Å²) in [5.74, 6) is -1.43. The van der Waals surface area contributed by atoms with Crippen molar-refractivity contribution >= 4 is 52.5 Å². The molecule has 1 heterocycles. The number of rotatable bonds is 8. The minimum atomic E-state index is -0.717. The maximum Gasteiger partial charge on any atom is 0.338 e. The third-order valence-electron chi connectivity index (χ3n) is 5.32. The molecule has 0 radical (unpaired) electrons. The van der Waals surface area contributed by atoms with Gasteiger partial charge in [0.1, 0.15) is 5.75 Å². The lowest BCUT2D eigenvalue weighted by Crippen LogP contribution is -2.31. The quantitative estimate of drug-likeness (QED) is 0.271. The average molecular weight is 506 g/mol. The van der Waals surface area contributed by atoms with Crippen LogP contribution in [-0.2, 0) is 19.1 Å². The van der Waals surface area contributed by atoms with Gasteiger partial charge in [-0.3, -0.25) is 14.4 Å². The van der Waals surface area contributed by atoms with Crippen molar-refractivity contribution in [3.8, 4) is 5.75 Å². The Balaban J connectivity index is 1.34. The molecule has 1 aliphatic heterocycles. The number of para-hydroxylation sites is 2. The van der Waals surface area contributed by atoms with Crippen LogP contribution in [0, 0.1) is 0 Å². The fraction of sp³-hybridized carbons (Fsp3) is 0.154. The van der Waals surface area contributed by atoms with Crippen LogP contribution in [0.1, 0.15) is 16.8 Å². The maximum absolute atomic E-state index is 12.9. The monoisotopic (exact) mass is 505 g/mol. The highest BCUT2D eigenvalue weighted by atomic mass is 32.2. The predicted molar refractivity (Wildman–Crippen MR) is 136 cm³/mol. The van der Waals surface area contributed by atoms with Crippen LogP contribution in [0.25, 0.3) is 0 Å². The highest BCUT2D eigenvalue weighted by molar-refractivity contribution is 8.00. The second-order valence-corrected chi connectivity index (χ2v) is 9.10. The number of imide groups is 1. The lowest BCUT2D eigenvalue weighted by atomic mass is 10.2. The molecule has 4 rings (SSSR count). The van der Waals surface area contributed by atoms with Crippen LogP contribution in [-0.4, -0.2) is 42.7 Å². The topological polar surface area (TPSA) is 128 Å². The maximum atomic E-state index is 12.9. The summed E-state index contributed by atoms with van der Waals surface area (Å²) >= 11 is 1.28. The standard InChI is InChI=1S/C26H23N3O6S/c1-34-21-8-3-2-7-20(21)28-23(30)15-35-26(33)16-9-11-18(12-10-16)29-24(31)14-22(25(29)32)36-19-6-4-5-17(27)13-19/h2-13,22H,14-15,27H2,1H3,(H,28,30). The summed E-state index contributed by atoms with van der Waals surface area (Å²) in [5, 5.41) is 2.05. The number of anilines is 3. The van der Waals surface area contributed by atoms with Crippen LogP contribution in [0.5, 0.6) is 5.75 Å². The van der Waals surface area contributed by atoms with Crippen LogP contribution < -0.4 is 20.7 Å². The Kier molecular flexibility index (Phi) is 7.55. The Labute approximate surface area is 211 Å². The summed E-state index contributed by atoms with van der Waals surface area (Å²) in [6.07, 6.45) is 0.0589. The molecule has 184 valence electrons. The van der Waals surface area contributed by atoms with Crippen molar-refractivity contribution in [2.45, 2.75) is 16.6 Å². The lowest BCUT2D eigenvalue weighted by Gasteiger charge is -2.15. The van der Waals surface area contributed by atoms with Crippen molar-refractivity contribution < 1.29 is 28.7 Å². The molecule has 0 saturated carbocycles. The van der Waals surface area contributed by atoms with Gasteiger partial charge in [-0.05, 0) is 54.6 Å². The number of hydrogen-bond donors (Lipinski definition) is 2. The van der Waals surface area contributed by atoms with E-state index in [1.807, 2.05) is 6.07 Å². The van der Waals surface area contributed by atoms with Gasteiger partial charge in [0.2, 0.25) is 11.8 Å². The largest absolute Gasteiger partial charge is 0.495 e. The van der Waals surface area contributed by atoms with E-state index in [0.717, 1.165) is 9.80 Å². The Morgan fingerprint density at radius 3 is 2.53 bits per heavy atom. The summed E-state index contributed by atoms with van der Waals surface area (Å²) < 4.78 is 10.3. The van der Waals surface area contributed by atoms with Crippen molar-refractivity contribution in [1.82, 2.24) is 0 Å². The molecule has 0 aromatic heterocycles. The molecular formula is C26H23N3O6S. The van der Waals surface area contributed by atoms with E-state index in [0.29, 0.717) is 22.8 Å². The zero-order valence-corrected chi connectivity index (χ0v) is 20.1. The third kappa shape index (κ3) is 5.66. The van der Waals surface area contributed by atoms with Crippen molar-refractivity contribution in [3.63, 3.8) is 0 Å². The van der Waals surface area contributed by atoms with E-state index in [9.17, 15) is 19.2 Å². The van der Waals surface area contributed by atoms with Gasteiger partial charge in [0.15, 0.2) is 6.61 Å². The molecule has 10 heteroatoms. The van der Waals surface area contributed by atoms with E-state index >= 15 is 0 Å². The molecule has 0 aliphatic carbocycles. The van der Waals surface area contributed by atoms with Crippen molar-refractivity contribution in [2.24, 2.45) is 0 Å². The van der Waals surface area contributed by atoms with E-state index in [1.54, 1.807) is 42.5 Å². The lowest BCUT2D eigenvalue weighted by molar-refractivity contribution is -0.121. The average Bonchev–Trinajstić information content (AvgIpc) is 3.15. The number of nitrogen functional groups attached to an aromatic ring is 1. The van der Waals surface area contributed by atoms with Gasteiger partial charge in [-0.25, -0.2) is 9.69 Å². The summed E-state index contributed by atoms with van der Waals surface area (Å²) in [6, 6.07) is 19.8. The van der Waals surface area contributed by atoms with Crippen molar-refractivity contribution in [2.75, 3.05) is 29.7 Å². The molecule has 9 nitrogen and oxygen atoms in total. The number of thioether (sulfide) groups is 1. The molecule has 1 fully saturated rings. The number of amides is 3. The molecule has 0 bridgehead atoms. The Morgan fingerprint density at radius 2 is 1.81 bits per heavy atom. The first-order valence-electron chi connectivity index (χ1n) is 10.9. The Hall–Kier alpha value is -4.31. The van der Waals surface area contributed by atoms with Crippen molar-refractivity contribution in [3.05, 3.63) is 78.4 Å². The van der Waals surface area contributed by atoms with Gasteiger partial charge in [0, 0.05) is 17.0 Å². The molecular weight excluding hydrogens is 482 g/mol. The molecule has 1 atom stereocenters. The van der Waals surface area contributed by atoms with Gasteiger partial charge in [-0.15, -0.1) is 11.8 Å². The van der Waals surface area contributed by atoms with Crippen LogP contribution in [0.15, 0.2) is 77.7 Å². The molecule has 1 unspecified atom stereocenters. The van der Waals surface area contributed by atoms with Gasteiger partial charge < -0.3 is 20.5 Å². The number of benzene rings is 3. The minimum Gasteiger partial charge on any atom is -0.495 e. The van der Waals surface area contributed by atoms with Gasteiger partial charge in [-0.2, -0.15) is 0 Å². The van der Waals surface area contributed by atoms with E-state index in [1.165, 1.54) is 43.1 Å². The van der Waals surface area contributed by atoms with E-state index in [2.05, 4.69) is 5.32 Å². The second-order valence-electron chi connectivity index (χ2n) is 7.82.